The molecule has 0 spiro atoms. The van der Waals surface area contributed by atoms with Crippen LogP contribution < -0.4 is 11.1 Å². The molecular formula is C16H19N3O. The fourth-order valence-electron chi connectivity index (χ4n) is 2.16. The first kappa shape index (κ1) is 14.1. The zero-order chi connectivity index (χ0) is 14.5. The average molecular weight is 269 g/mol. The number of pyridine rings is 1. The molecule has 4 heteroatoms. The number of benzene rings is 1. The number of aryl methyl sites for hydroxylation is 2. The molecule has 0 radical (unpaired) electrons. The number of hydrogen-bond donors (Lipinski definition) is 2. The highest BCUT2D eigenvalue weighted by molar-refractivity contribution is 6.04. The smallest absolute Gasteiger partial charge is 0.274 e. The van der Waals surface area contributed by atoms with Gasteiger partial charge in [-0.25, -0.2) is 4.98 Å². The minimum absolute atomic E-state index is 0.229. The lowest BCUT2D eigenvalue weighted by atomic mass is 10.0. The Hall–Kier alpha value is -2.36. The second kappa shape index (κ2) is 6.19. The summed E-state index contributed by atoms with van der Waals surface area (Å²) in [6, 6.07) is 11.1. The van der Waals surface area contributed by atoms with Gasteiger partial charge in [0.05, 0.1) is 0 Å². The van der Waals surface area contributed by atoms with Gasteiger partial charge < -0.3 is 11.1 Å². The lowest BCUT2D eigenvalue weighted by molar-refractivity contribution is 0.102. The van der Waals surface area contributed by atoms with Crippen molar-refractivity contribution in [2.24, 2.45) is 0 Å². The Balaban J connectivity index is 2.32. The van der Waals surface area contributed by atoms with E-state index < -0.39 is 0 Å². The molecule has 0 saturated heterocycles. The molecule has 0 aliphatic rings. The maximum absolute atomic E-state index is 12.3. The Kier molecular flexibility index (Phi) is 4.35. The lowest BCUT2D eigenvalue weighted by Crippen LogP contribution is -2.16. The average Bonchev–Trinajstić information content (AvgIpc) is 2.47. The summed E-state index contributed by atoms with van der Waals surface area (Å²) in [7, 11) is 0. The summed E-state index contributed by atoms with van der Waals surface area (Å²) in [5.74, 6) is 0.116. The van der Waals surface area contributed by atoms with Crippen LogP contribution in [0.3, 0.4) is 0 Å². The van der Waals surface area contributed by atoms with Crippen LogP contribution in [0.5, 0.6) is 0 Å². The zero-order valence-electron chi connectivity index (χ0n) is 11.8. The van der Waals surface area contributed by atoms with E-state index in [-0.39, 0.29) is 5.91 Å². The Labute approximate surface area is 119 Å². The van der Waals surface area contributed by atoms with E-state index in [1.54, 1.807) is 18.2 Å². The van der Waals surface area contributed by atoms with E-state index in [0.29, 0.717) is 11.5 Å². The van der Waals surface area contributed by atoms with Gasteiger partial charge in [0.25, 0.3) is 5.91 Å². The number of nitrogens with two attached hydrogens (primary N) is 1. The van der Waals surface area contributed by atoms with Gasteiger partial charge in [0.2, 0.25) is 0 Å². The van der Waals surface area contributed by atoms with E-state index in [1.165, 1.54) is 0 Å². The molecule has 3 N–H and O–H groups in total. The van der Waals surface area contributed by atoms with Gasteiger partial charge in [-0.15, -0.1) is 0 Å². The summed E-state index contributed by atoms with van der Waals surface area (Å²) >= 11 is 0. The molecule has 2 aromatic rings. The molecule has 0 fully saturated rings. The maximum Gasteiger partial charge on any atom is 0.274 e. The Morgan fingerprint density at radius 1 is 1.10 bits per heavy atom. The van der Waals surface area contributed by atoms with Gasteiger partial charge in [0.15, 0.2) is 0 Å². The number of aromatic nitrogens is 1. The van der Waals surface area contributed by atoms with Crippen LogP contribution in [0.1, 0.15) is 35.5 Å². The SMILES string of the molecule is CCc1cccc(CC)c1NC(=O)c1cccc(N)n1. The molecule has 0 aliphatic carbocycles. The van der Waals surface area contributed by atoms with Gasteiger partial charge in [-0.2, -0.15) is 0 Å². The summed E-state index contributed by atoms with van der Waals surface area (Å²) in [6.45, 7) is 4.15. The predicted molar refractivity (Wildman–Crippen MR) is 81.8 cm³/mol. The minimum Gasteiger partial charge on any atom is -0.384 e. The normalized spacial score (nSPS) is 10.3. The van der Waals surface area contributed by atoms with Gasteiger partial charge in [0, 0.05) is 5.69 Å². The molecule has 20 heavy (non-hydrogen) atoms. The van der Waals surface area contributed by atoms with Crippen LogP contribution >= 0.6 is 0 Å². The fourth-order valence-corrected chi connectivity index (χ4v) is 2.16. The maximum atomic E-state index is 12.3. The summed E-state index contributed by atoms with van der Waals surface area (Å²) in [5.41, 5.74) is 9.09. The van der Waals surface area contributed by atoms with Crippen LogP contribution in [0.4, 0.5) is 11.5 Å². The summed E-state index contributed by atoms with van der Waals surface area (Å²) in [4.78, 5) is 16.3. The summed E-state index contributed by atoms with van der Waals surface area (Å²) in [5, 5.41) is 2.97. The standard InChI is InChI=1S/C16H19N3O/c1-3-11-7-5-8-12(4-2)15(11)19-16(20)13-9-6-10-14(17)18-13/h5-10H,3-4H2,1-2H3,(H2,17,18)(H,19,20). The molecule has 1 heterocycles. The highest BCUT2D eigenvalue weighted by Gasteiger charge is 2.12. The van der Waals surface area contributed by atoms with Crippen LogP contribution in [0.2, 0.25) is 0 Å². The number of nitrogens with zero attached hydrogens (tertiary/aromatic N) is 1. The van der Waals surface area contributed by atoms with E-state index in [9.17, 15) is 4.79 Å². The first-order chi connectivity index (χ1) is 9.65. The van der Waals surface area contributed by atoms with Crippen molar-refractivity contribution in [1.29, 1.82) is 0 Å². The van der Waals surface area contributed by atoms with Gasteiger partial charge in [-0.3, -0.25) is 4.79 Å². The zero-order valence-corrected chi connectivity index (χ0v) is 11.8. The molecule has 0 bridgehead atoms. The molecule has 2 rings (SSSR count). The van der Waals surface area contributed by atoms with Crippen molar-refractivity contribution in [3.05, 3.63) is 53.2 Å². The number of hydrogen-bond acceptors (Lipinski definition) is 3. The quantitative estimate of drug-likeness (QED) is 0.896. The van der Waals surface area contributed by atoms with Crippen molar-refractivity contribution in [2.75, 3.05) is 11.1 Å². The number of amides is 1. The number of rotatable bonds is 4. The molecule has 0 saturated carbocycles. The topological polar surface area (TPSA) is 68.0 Å². The molecule has 1 amide bonds. The van der Waals surface area contributed by atoms with Crippen molar-refractivity contribution in [1.82, 2.24) is 4.98 Å². The number of carbonyl (C=O) groups is 1. The van der Waals surface area contributed by atoms with Crippen LogP contribution in [-0.2, 0) is 12.8 Å². The highest BCUT2D eigenvalue weighted by atomic mass is 16.1. The summed E-state index contributed by atoms with van der Waals surface area (Å²) in [6.07, 6.45) is 1.74. The highest BCUT2D eigenvalue weighted by Crippen LogP contribution is 2.23. The second-order valence-electron chi connectivity index (χ2n) is 4.56. The summed E-state index contributed by atoms with van der Waals surface area (Å²) < 4.78 is 0. The molecule has 0 atom stereocenters. The van der Waals surface area contributed by atoms with Crippen LogP contribution in [-0.4, -0.2) is 10.9 Å². The number of nitrogen functional groups attached to an aromatic ring is 1. The first-order valence-electron chi connectivity index (χ1n) is 6.80. The van der Waals surface area contributed by atoms with Gasteiger partial charge in [-0.05, 0) is 36.1 Å². The van der Waals surface area contributed by atoms with Crippen LogP contribution in [0.25, 0.3) is 0 Å². The lowest BCUT2D eigenvalue weighted by Gasteiger charge is -2.14. The van der Waals surface area contributed by atoms with Gasteiger partial charge >= 0.3 is 0 Å². The van der Waals surface area contributed by atoms with E-state index in [1.807, 2.05) is 18.2 Å². The molecule has 0 aliphatic heterocycles. The van der Waals surface area contributed by atoms with Gasteiger partial charge in [-0.1, -0.05) is 38.1 Å². The molecule has 1 aromatic carbocycles. The van der Waals surface area contributed by atoms with Crippen molar-refractivity contribution >= 4 is 17.4 Å². The van der Waals surface area contributed by atoms with Crippen LogP contribution in [0, 0.1) is 0 Å². The first-order valence-corrected chi connectivity index (χ1v) is 6.80. The second-order valence-corrected chi connectivity index (χ2v) is 4.56. The minimum atomic E-state index is -0.229. The van der Waals surface area contributed by atoms with Crippen molar-refractivity contribution in [3.63, 3.8) is 0 Å². The van der Waals surface area contributed by atoms with E-state index >= 15 is 0 Å². The molecule has 1 aromatic heterocycles. The number of para-hydroxylation sites is 1. The number of carbonyl (C=O) groups excluding carboxylic acids is 1. The fraction of sp³-hybridized carbons (Fsp3) is 0.250. The van der Waals surface area contributed by atoms with Crippen molar-refractivity contribution in [2.45, 2.75) is 26.7 Å². The number of nitrogens with one attached hydrogen (secondary N) is 1. The monoisotopic (exact) mass is 269 g/mol. The number of anilines is 2. The third-order valence-electron chi connectivity index (χ3n) is 3.24. The molecule has 4 nitrogen and oxygen atoms in total. The van der Waals surface area contributed by atoms with Crippen LogP contribution in [0.15, 0.2) is 36.4 Å². The Morgan fingerprint density at radius 3 is 2.25 bits per heavy atom. The largest absolute Gasteiger partial charge is 0.384 e. The Bertz CT molecular complexity index is 601. The van der Waals surface area contributed by atoms with E-state index in [2.05, 4.69) is 24.1 Å². The molecule has 0 unspecified atom stereocenters. The molecular weight excluding hydrogens is 250 g/mol. The van der Waals surface area contributed by atoms with Crippen molar-refractivity contribution < 1.29 is 4.79 Å². The third kappa shape index (κ3) is 2.96. The van der Waals surface area contributed by atoms with E-state index in [0.717, 1.165) is 29.7 Å². The predicted octanol–water partition coefficient (Wildman–Crippen LogP) is 3.04. The van der Waals surface area contributed by atoms with Crippen molar-refractivity contribution in [3.8, 4) is 0 Å². The van der Waals surface area contributed by atoms with E-state index in [4.69, 9.17) is 5.73 Å². The third-order valence-corrected chi connectivity index (χ3v) is 3.24. The molecule has 104 valence electrons. The Morgan fingerprint density at radius 2 is 1.70 bits per heavy atom. The van der Waals surface area contributed by atoms with Gasteiger partial charge in [0.1, 0.15) is 11.5 Å².